The number of benzene rings is 1. The Hall–Kier alpha value is -0.580. The van der Waals surface area contributed by atoms with Gasteiger partial charge in [-0.2, -0.15) is 0 Å². The highest BCUT2D eigenvalue weighted by Crippen LogP contribution is 2.24. The van der Waals surface area contributed by atoms with Gasteiger partial charge in [0.15, 0.2) is 0 Å². The van der Waals surface area contributed by atoms with Gasteiger partial charge in [0.25, 0.3) is 0 Å². The summed E-state index contributed by atoms with van der Waals surface area (Å²) in [7, 11) is 1.64. The van der Waals surface area contributed by atoms with Crippen molar-refractivity contribution >= 4 is 15.9 Å². The molecule has 0 amide bonds. The number of rotatable bonds is 7. The van der Waals surface area contributed by atoms with Crippen LogP contribution in [0.1, 0.15) is 18.9 Å². The Balaban J connectivity index is 2.54. The standard InChI is InChI=1S/C13H19BrO3/c1-3-17-7-6-11(15)8-10-9-12(16-2)4-5-13(10)14/h4-5,9,11,15H,3,6-8H2,1-2H3. The molecule has 0 fully saturated rings. The topological polar surface area (TPSA) is 38.7 Å². The predicted octanol–water partition coefficient (Wildman–Crippen LogP) is 2.79. The molecular weight excluding hydrogens is 284 g/mol. The first-order chi connectivity index (χ1) is 8.17. The number of methoxy groups -OCH3 is 1. The minimum atomic E-state index is -0.384. The molecular formula is C13H19BrO3. The average Bonchev–Trinajstić information content (AvgIpc) is 2.32. The van der Waals surface area contributed by atoms with Crippen molar-refractivity contribution in [1.82, 2.24) is 0 Å². The normalized spacial score (nSPS) is 12.5. The number of hydrogen-bond donors (Lipinski definition) is 1. The zero-order valence-electron chi connectivity index (χ0n) is 10.3. The number of ether oxygens (including phenoxy) is 2. The second kappa shape index (κ2) is 7.69. The van der Waals surface area contributed by atoms with Crippen molar-refractivity contribution in [2.45, 2.75) is 25.9 Å². The third kappa shape index (κ3) is 5.06. The van der Waals surface area contributed by atoms with Crippen LogP contribution in [0, 0.1) is 0 Å². The first kappa shape index (κ1) is 14.5. The Morgan fingerprint density at radius 1 is 1.41 bits per heavy atom. The molecule has 17 heavy (non-hydrogen) atoms. The zero-order chi connectivity index (χ0) is 12.7. The number of aliphatic hydroxyl groups is 1. The Bertz CT molecular complexity index is 341. The van der Waals surface area contributed by atoms with E-state index in [1.54, 1.807) is 7.11 Å². The lowest BCUT2D eigenvalue weighted by molar-refractivity contribution is 0.0886. The first-order valence-electron chi connectivity index (χ1n) is 5.75. The van der Waals surface area contributed by atoms with Gasteiger partial charge in [-0.15, -0.1) is 0 Å². The van der Waals surface area contributed by atoms with E-state index in [1.807, 2.05) is 25.1 Å². The maximum Gasteiger partial charge on any atom is 0.119 e. The molecule has 0 aliphatic heterocycles. The third-order valence-corrected chi connectivity index (χ3v) is 3.28. The number of halogens is 1. The molecule has 1 aromatic carbocycles. The maximum absolute atomic E-state index is 9.88. The molecule has 4 heteroatoms. The van der Waals surface area contributed by atoms with Gasteiger partial charge in [0.1, 0.15) is 5.75 Å². The summed E-state index contributed by atoms with van der Waals surface area (Å²) in [6.45, 7) is 3.24. The molecule has 0 heterocycles. The van der Waals surface area contributed by atoms with Crippen LogP contribution in [-0.2, 0) is 11.2 Å². The van der Waals surface area contributed by atoms with Crippen molar-refractivity contribution in [2.75, 3.05) is 20.3 Å². The Labute approximate surface area is 111 Å². The SMILES string of the molecule is CCOCCC(O)Cc1cc(OC)ccc1Br. The number of hydrogen-bond acceptors (Lipinski definition) is 3. The minimum absolute atomic E-state index is 0.384. The van der Waals surface area contributed by atoms with Gasteiger partial charge >= 0.3 is 0 Å². The van der Waals surface area contributed by atoms with Crippen LogP contribution in [0.3, 0.4) is 0 Å². The Morgan fingerprint density at radius 3 is 2.82 bits per heavy atom. The lowest BCUT2D eigenvalue weighted by Gasteiger charge is -2.12. The molecule has 1 aromatic rings. The summed E-state index contributed by atoms with van der Waals surface area (Å²) in [6, 6.07) is 5.76. The van der Waals surface area contributed by atoms with E-state index in [0.717, 1.165) is 15.8 Å². The van der Waals surface area contributed by atoms with E-state index < -0.39 is 0 Å². The fraction of sp³-hybridized carbons (Fsp3) is 0.538. The first-order valence-corrected chi connectivity index (χ1v) is 6.55. The molecule has 3 nitrogen and oxygen atoms in total. The lowest BCUT2D eigenvalue weighted by atomic mass is 10.1. The molecule has 0 aromatic heterocycles. The molecule has 1 rings (SSSR count). The number of aliphatic hydroxyl groups excluding tert-OH is 1. The Kier molecular flexibility index (Phi) is 6.55. The minimum Gasteiger partial charge on any atom is -0.497 e. The summed E-state index contributed by atoms with van der Waals surface area (Å²) in [6.07, 6.45) is 0.868. The highest BCUT2D eigenvalue weighted by molar-refractivity contribution is 9.10. The fourth-order valence-electron chi connectivity index (χ4n) is 1.55. The fourth-order valence-corrected chi connectivity index (χ4v) is 1.96. The third-order valence-electron chi connectivity index (χ3n) is 2.51. The van der Waals surface area contributed by atoms with E-state index >= 15 is 0 Å². The molecule has 0 saturated heterocycles. The van der Waals surface area contributed by atoms with Crippen molar-refractivity contribution in [3.8, 4) is 5.75 Å². The molecule has 96 valence electrons. The maximum atomic E-state index is 9.88. The van der Waals surface area contributed by atoms with Gasteiger partial charge in [0.05, 0.1) is 13.2 Å². The highest BCUT2D eigenvalue weighted by atomic mass is 79.9. The van der Waals surface area contributed by atoms with Gasteiger partial charge < -0.3 is 14.6 Å². The van der Waals surface area contributed by atoms with Crippen molar-refractivity contribution in [3.05, 3.63) is 28.2 Å². The van der Waals surface area contributed by atoms with Crippen LogP contribution in [0.15, 0.2) is 22.7 Å². The lowest BCUT2D eigenvalue weighted by Crippen LogP contribution is -2.14. The van der Waals surface area contributed by atoms with E-state index in [0.29, 0.717) is 26.1 Å². The van der Waals surface area contributed by atoms with Crippen molar-refractivity contribution in [1.29, 1.82) is 0 Å². The monoisotopic (exact) mass is 302 g/mol. The molecule has 1 N–H and O–H groups in total. The second-order valence-electron chi connectivity index (χ2n) is 3.80. The van der Waals surface area contributed by atoms with E-state index in [-0.39, 0.29) is 6.10 Å². The average molecular weight is 303 g/mol. The summed E-state index contributed by atoms with van der Waals surface area (Å²) < 4.78 is 11.4. The van der Waals surface area contributed by atoms with Gasteiger partial charge in [-0.05, 0) is 43.5 Å². The predicted molar refractivity (Wildman–Crippen MR) is 71.5 cm³/mol. The van der Waals surface area contributed by atoms with Gasteiger partial charge in [-0.3, -0.25) is 0 Å². The van der Waals surface area contributed by atoms with Crippen LogP contribution in [0.25, 0.3) is 0 Å². The van der Waals surface area contributed by atoms with Crippen LogP contribution in [0.5, 0.6) is 5.75 Å². The van der Waals surface area contributed by atoms with Crippen molar-refractivity contribution in [2.24, 2.45) is 0 Å². The highest BCUT2D eigenvalue weighted by Gasteiger charge is 2.09. The van der Waals surface area contributed by atoms with Crippen LogP contribution in [-0.4, -0.2) is 31.5 Å². The molecule has 0 bridgehead atoms. The molecule has 0 aliphatic carbocycles. The van der Waals surface area contributed by atoms with E-state index in [9.17, 15) is 5.11 Å². The summed E-state index contributed by atoms with van der Waals surface area (Å²) in [5.41, 5.74) is 1.05. The van der Waals surface area contributed by atoms with Gasteiger partial charge in [0.2, 0.25) is 0 Å². The summed E-state index contributed by atoms with van der Waals surface area (Å²) in [4.78, 5) is 0. The zero-order valence-corrected chi connectivity index (χ0v) is 11.9. The summed E-state index contributed by atoms with van der Waals surface area (Å²) in [5.74, 6) is 0.806. The largest absolute Gasteiger partial charge is 0.497 e. The van der Waals surface area contributed by atoms with E-state index in [1.165, 1.54) is 0 Å². The molecule has 0 saturated carbocycles. The van der Waals surface area contributed by atoms with Gasteiger partial charge in [-0.1, -0.05) is 15.9 Å². The van der Waals surface area contributed by atoms with Gasteiger partial charge in [-0.25, -0.2) is 0 Å². The van der Waals surface area contributed by atoms with Crippen LogP contribution in [0.4, 0.5) is 0 Å². The van der Waals surface area contributed by atoms with Crippen molar-refractivity contribution < 1.29 is 14.6 Å². The second-order valence-corrected chi connectivity index (χ2v) is 4.66. The molecule has 0 spiro atoms. The van der Waals surface area contributed by atoms with Crippen molar-refractivity contribution in [3.63, 3.8) is 0 Å². The van der Waals surface area contributed by atoms with E-state index in [2.05, 4.69) is 15.9 Å². The van der Waals surface area contributed by atoms with E-state index in [4.69, 9.17) is 9.47 Å². The smallest absolute Gasteiger partial charge is 0.119 e. The van der Waals surface area contributed by atoms with Crippen LogP contribution < -0.4 is 4.74 Å². The molecule has 1 unspecified atom stereocenters. The van der Waals surface area contributed by atoms with Crippen LogP contribution in [0.2, 0.25) is 0 Å². The molecule has 0 aliphatic rings. The quantitative estimate of drug-likeness (QED) is 0.787. The van der Waals surface area contributed by atoms with Gasteiger partial charge in [0, 0.05) is 17.7 Å². The summed E-state index contributed by atoms with van der Waals surface area (Å²) in [5, 5.41) is 9.88. The molecule has 1 atom stereocenters. The molecule has 0 radical (unpaired) electrons. The van der Waals surface area contributed by atoms with Crippen LogP contribution >= 0.6 is 15.9 Å². The Morgan fingerprint density at radius 2 is 2.18 bits per heavy atom. The summed E-state index contributed by atoms with van der Waals surface area (Å²) >= 11 is 3.47.